The van der Waals surface area contributed by atoms with Crippen LogP contribution in [0.4, 0.5) is 0 Å². The molecule has 3 aliphatic rings. The maximum Gasteiger partial charge on any atom is 0.236 e. The molecule has 1 N–H and O–H groups in total. The Kier molecular flexibility index (Phi) is 9.29. The standard InChI is InChI=1S/C55H38N3/c1-6-39-14-18-41(19-15-39)22-24-43-26-30-48-49-31-27-44(25-23-42-20-16-40(7-2)17-21-42)35-51(49)53(50(48)34-43)52-37(4)56-57-38(5)54(52)58-33-32-45-10-8-9-11-47(45)55(58)46-28-12-36(3)13-29-46/h1-2,8-21,26-31,34-35,57H,32-33H2,3-5H3/q+1. The van der Waals surface area contributed by atoms with E-state index in [-0.39, 0.29) is 0 Å². The lowest BCUT2D eigenvalue weighted by atomic mass is 9.88. The van der Waals surface area contributed by atoms with E-state index in [1.807, 2.05) is 48.5 Å². The van der Waals surface area contributed by atoms with E-state index in [9.17, 15) is 0 Å². The average molecular weight is 741 g/mol. The van der Waals surface area contributed by atoms with Crippen molar-refractivity contribution in [2.24, 2.45) is 5.10 Å². The van der Waals surface area contributed by atoms with Gasteiger partial charge in [-0.25, -0.2) is 0 Å². The topological polar surface area (TPSA) is 27.4 Å². The summed E-state index contributed by atoms with van der Waals surface area (Å²) in [7, 11) is 0. The molecular weight excluding hydrogens is 703 g/mol. The number of hydrazone groups is 1. The van der Waals surface area contributed by atoms with Gasteiger partial charge in [-0.3, -0.25) is 5.43 Å². The first-order chi connectivity index (χ1) is 28.4. The second-order valence-corrected chi connectivity index (χ2v) is 14.8. The molecule has 0 amide bonds. The molecule has 6 aromatic rings. The van der Waals surface area contributed by atoms with Crippen LogP contribution >= 0.6 is 0 Å². The van der Waals surface area contributed by atoms with Gasteiger partial charge in [-0.1, -0.05) is 83.6 Å². The van der Waals surface area contributed by atoms with Gasteiger partial charge in [0.25, 0.3) is 0 Å². The number of benzene rings is 6. The first-order valence-corrected chi connectivity index (χ1v) is 19.4. The fourth-order valence-corrected chi connectivity index (χ4v) is 8.11. The molecule has 272 valence electrons. The molecule has 0 atom stereocenters. The van der Waals surface area contributed by atoms with E-state index >= 15 is 0 Å². The minimum atomic E-state index is 0.812. The first kappa shape index (κ1) is 35.9. The molecule has 0 radical (unpaired) electrons. The van der Waals surface area contributed by atoms with Gasteiger partial charge in [-0.15, -0.1) is 12.8 Å². The average Bonchev–Trinajstić information content (AvgIpc) is 3.58. The van der Waals surface area contributed by atoms with Gasteiger partial charge in [0.1, 0.15) is 5.70 Å². The summed E-state index contributed by atoms with van der Waals surface area (Å²) in [5, 5.41) is 4.94. The van der Waals surface area contributed by atoms with Crippen LogP contribution in [0, 0.1) is 55.3 Å². The summed E-state index contributed by atoms with van der Waals surface area (Å²) < 4.78 is 2.51. The molecule has 2 heterocycles. The third-order valence-electron chi connectivity index (χ3n) is 11.0. The Morgan fingerprint density at radius 3 is 1.62 bits per heavy atom. The zero-order chi connectivity index (χ0) is 39.8. The molecular formula is C55H38N3+. The van der Waals surface area contributed by atoms with Crippen molar-refractivity contribution in [1.29, 1.82) is 0 Å². The molecule has 0 saturated heterocycles. The first-order valence-electron chi connectivity index (χ1n) is 19.4. The highest BCUT2D eigenvalue weighted by Gasteiger charge is 2.39. The van der Waals surface area contributed by atoms with Crippen molar-refractivity contribution in [2.75, 3.05) is 6.54 Å². The number of terminal acetylenes is 2. The highest BCUT2D eigenvalue weighted by molar-refractivity contribution is 6.17. The van der Waals surface area contributed by atoms with Crippen molar-refractivity contribution in [3.05, 3.63) is 217 Å². The summed E-state index contributed by atoms with van der Waals surface area (Å²) in [6, 6.07) is 46.4. The number of hydrogen-bond acceptors (Lipinski definition) is 2. The van der Waals surface area contributed by atoms with Crippen LogP contribution in [0.2, 0.25) is 0 Å². The Labute approximate surface area is 341 Å². The van der Waals surface area contributed by atoms with E-state index in [1.54, 1.807) is 0 Å². The van der Waals surface area contributed by atoms with Crippen LogP contribution < -0.4 is 5.43 Å². The molecule has 0 saturated carbocycles. The summed E-state index contributed by atoms with van der Waals surface area (Å²) in [5.41, 5.74) is 24.7. The number of aryl methyl sites for hydroxylation is 1. The fraction of sp³-hybridized carbons (Fsp3) is 0.0909. The summed E-state index contributed by atoms with van der Waals surface area (Å²) >= 11 is 0. The minimum absolute atomic E-state index is 0.812. The Bertz CT molecular complexity index is 2910. The molecule has 9 rings (SSSR count). The summed E-state index contributed by atoms with van der Waals surface area (Å²) in [5.74, 6) is 19.0. The second-order valence-electron chi connectivity index (χ2n) is 14.8. The second kappa shape index (κ2) is 15.0. The van der Waals surface area contributed by atoms with Gasteiger partial charge in [-0.05, 0) is 140 Å². The van der Waals surface area contributed by atoms with Crippen LogP contribution in [0.5, 0.6) is 0 Å². The van der Waals surface area contributed by atoms with Crippen molar-refractivity contribution in [3.8, 4) is 59.5 Å². The molecule has 3 nitrogen and oxygen atoms in total. The van der Waals surface area contributed by atoms with Gasteiger partial charge in [0.15, 0.2) is 6.54 Å². The lowest BCUT2D eigenvalue weighted by molar-refractivity contribution is -0.474. The quantitative estimate of drug-likeness (QED) is 0.139. The highest BCUT2D eigenvalue weighted by Crippen LogP contribution is 2.48. The SMILES string of the molecule is C#Cc1ccc(C#Cc2ccc3c(c2)C(=C2C(C)=NNC(C)=C2[N+]2=C(c4ccc(C)cc4)c4ccccc4CC2)c2cc(C#Cc4ccc(C#C)cc4)ccc2-3)cc1. The lowest BCUT2D eigenvalue weighted by Gasteiger charge is -2.25. The van der Waals surface area contributed by atoms with E-state index in [2.05, 4.69) is 151 Å². The predicted octanol–water partition coefficient (Wildman–Crippen LogP) is 9.86. The fourth-order valence-electron chi connectivity index (χ4n) is 8.11. The van der Waals surface area contributed by atoms with E-state index < -0.39 is 0 Å². The van der Waals surface area contributed by atoms with Gasteiger partial charge in [0.05, 0.1) is 16.8 Å². The monoisotopic (exact) mass is 740 g/mol. The lowest BCUT2D eigenvalue weighted by Crippen LogP contribution is -2.35. The van der Waals surface area contributed by atoms with Crippen molar-refractivity contribution in [1.82, 2.24) is 5.43 Å². The van der Waals surface area contributed by atoms with E-state index in [0.29, 0.717) is 0 Å². The molecule has 1 aliphatic carbocycles. The summed E-state index contributed by atoms with van der Waals surface area (Å²) in [6.45, 7) is 7.19. The van der Waals surface area contributed by atoms with Crippen LogP contribution in [0.15, 0.2) is 156 Å². The van der Waals surface area contributed by atoms with Crippen molar-refractivity contribution < 1.29 is 4.58 Å². The zero-order valence-electron chi connectivity index (χ0n) is 32.7. The van der Waals surface area contributed by atoms with Crippen LogP contribution in [0.1, 0.15) is 80.6 Å². The zero-order valence-corrected chi connectivity index (χ0v) is 32.7. The van der Waals surface area contributed by atoms with Crippen molar-refractivity contribution in [3.63, 3.8) is 0 Å². The number of allylic oxidation sites excluding steroid dienone is 2. The molecule has 2 aliphatic heterocycles. The van der Waals surface area contributed by atoms with E-state index in [0.717, 1.165) is 96.9 Å². The number of rotatable bonds is 2. The number of nitrogens with one attached hydrogen (secondary N) is 1. The molecule has 0 spiro atoms. The minimum Gasteiger partial charge on any atom is -0.276 e. The van der Waals surface area contributed by atoms with Crippen LogP contribution in [0.3, 0.4) is 0 Å². The van der Waals surface area contributed by atoms with E-state index in [1.165, 1.54) is 28.0 Å². The maximum absolute atomic E-state index is 5.61. The van der Waals surface area contributed by atoms with E-state index in [4.69, 9.17) is 17.9 Å². The smallest absolute Gasteiger partial charge is 0.236 e. The largest absolute Gasteiger partial charge is 0.276 e. The number of fused-ring (bicyclic) bond motifs is 4. The maximum atomic E-state index is 5.61. The molecule has 0 bridgehead atoms. The van der Waals surface area contributed by atoms with Gasteiger partial charge in [-0.2, -0.15) is 9.68 Å². The molecule has 3 heteroatoms. The van der Waals surface area contributed by atoms with Crippen LogP contribution in [-0.2, 0) is 6.42 Å². The molecule has 0 aromatic heterocycles. The summed E-state index contributed by atoms with van der Waals surface area (Å²) in [4.78, 5) is 0. The third kappa shape index (κ3) is 6.63. The molecule has 58 heavy (non-hydrogen) atoms. The van der Waals surface area contributed by atoms with Crippen LogP contribution in [0.25, 0.3) is 16.7 Å². The van der Waals surface area contributed by atoms with Crippen molar-refractivity contribution >= 4 is 17.0 Å². The molecule has 0 unspecified atom stereocenters. The van der Waals surface area contributed by atoms with Crippen LogP contribution in [-0.4, -0.2) is 22.5 Å². The Hall–Kier alpha value is -7.82. The number of hydrogen-bond donors (Lipinski definition) is 1. The Morgan fingerprint density at radius 1 is 0.534 bits per heavy atom. The third-order valence-corrected chi connectivity index (χ3v) is 11.0. The highest BCUT2D eigenvalue weighted by atomic mass is 15.3. The predicted molar refractivity (Wildman–Crippen MR) is 237 cm³/mol. The number of nitrogens with zero attached hydrogens (tertiary/aromatic N) is 2. The van der Waals surface area contributed by atoms with Gasteiger partial charge in [0, 0.05) is 50.9 Å². The Morgan fingerprint density at radius 2 is 1.05 bits per heavy atom. The molecule has 0 fully saturated rings. The van der Waals surface area contributed by atoms with Gasteiger partial charge in [0.2, 0.25) is 11.4 Å². The normalized spacial score (nSPS) is 13.7. The summed E-state index contributed by atoms with van der Waals surface area (Å²) in [6.07, 6.45) is 12.1. The molecule has 6 aromatic carbocycles. The van der Waals surface area contributed by atoms with Crippen molar-refractivity contribution in [2.45, 2.75) is 27.2 Å². The Balaban J connectivity index is 1.28. The van der Waals surface area contributed by atoms with Gasteiger partial charge < -0.3 is 0 Å². The van der Waals surface area contributed by atoms with Gasteiger partial charge >= 0.3 is 0 Å².